The number of aryl methyl sites for hydroxylation is 1. The van der Waals surface area contributed by atoms with E-state index in [2.05, 4.69) is 96.5 Å². The summed E-state index contributed by atoms with van der Waals surface area (Å²) in [5.74, 6) is 0.807. The molecule has 9 rings (SSSR count). The fourth-order valence-corrected chi connectivity index (χ4v) is 8.50. The molecule has 1 heterocycles. The molecular formula is C49H37B2NO4. The minimum Gasteiger partial charge on any atom is -0.508 e. The van der Waals surface area contributed by atoms with E-state index in [-0.39, 0.29) is 36.4 Å². The summed E-state index contributed by atoms with van der Waals surface area (Å²) in [5, 5.41) is 43.8. The molecule has 0 radical (unpaired) electrons. The second-order valence-corrected chi connectivity index (χ2v) is 14.5. The van der Waals surface area contributed by atoms with Gasteiger partial charge in [0.2, 0.25) is 13.4 Å². The molecule has 7 heteroatoms. The van der Waals surface area contributed by atoms with Crippen LogP contribution < -0.4 is 32.8 Å². The van der Waals surface area contributed by atoms with Crippen molar-refractivity contribution in [3.63, 3.8) is 0 Å². The Kier molecular flexibility index (Phi) is 8.83. The van der Waals surface area contributed by atoms with Gasteiger partial charge in [-0.3, -0.25) is 0 Å². The summed E-state index contributed by atoms with van der Waals surface area (Å²) < 4.78 is 2.31. The number of benzene rings is 8. The van der Waals surface area contributed by atoms with E-state index in [9.17, 15) is 20.4 Å². The molecule has 0 spiro atoms. The number of rotatable bonds is 8. The van der Waals surface area contributed by atoms with E-state index in [1.165, 1.54) is 10.8 Å². The second-order valence-electron chi connectivity index (χ2n) is 14.5. The maximum atomic E-state index is 10.4. The van der Waals surface area contributed by atoms with Gasteiger partial charge < -0.3 is 25.0 Å². The van der Waals surface area contributed by atoms with Crippen molar-refractivity contribution in [2.45, 2.75) is 0 Å². The summed E-state index contributed by atoms with van der Waals surface area (Å²) in [6.07, 6.45) is 0. The Labute approximate surface area is 326 Å². The van der Waals surface area contributed by atoms with Crippen LogP contribution in [0.15, 0.2) is 182 Å². The highest BCUT2D eigenvalue weighted by Gasteiger charge is 2.25. The Morgan fingerprint density at radius 2 is 0.643 bits per heavy atom. The Hall–Kier alpha value is -7.11. The first-order valence-electron chi connectivity index (χ1n) is 18.7. The quantitative estimate of drug-likeness (QED) is 0.135. The van der Waals surface area contributed by atoms with Crippen LogP contribution >= 0.6 is 0 Å². The zero-order valence-corrected chi connectivity index (χ0v) is 30.7. The average Bonchev–Trinajstić information content (AvgIpc) is 3.51. The van der Waals surface area contributed by atoms with Crippen LogP contribution in [0.3, 0.4) is 0 Å². The minimum absolute atomic E-state index is 0.180. The molecule has 1 aromatic heterocycles. The smallest absolute Gasteiger partial charge is 0.241 e. The molecule has 0 bridgehead atoms. The maximum absolute atomic E-state index is 10.4. The minimum atomic E-state index is -0.180. The van der Waals surface area contributed by atoms with Crippen molar-refractivity contribution in [2.24, 2.45) is 7.05 Å². The molecule has 268 valence electrons. The van der Waals surface area contributed by atoms with Gasteiger partial charge in [-0.25, -0.2) is 0 Å². The molecule has 0 saturated heterocycles. The lowest BCUT2D eigenvalue weighted by molar-refractivity contribution is 0.475. The van der Waals surface area contributed by atoms with Crippen LogP contribution in [0.1, 0.15) is 0 Å². The third-order valence-electron chi connectivity index (χ3n) is 11.0. The van der Waals surface area contributed by atoms with E-state index in [4.69, 9.17) is 0 Å². The number of para-hydroxylation sites is 2. The van der Waals surface area contributed by atoms with Crippen LogP contribution in [-0.4, -0.2) is 38.4 Å². The van der Waals surface area contributed by atoms with Gasteiger partial charge in [0.15, 0.2) is 0 Å². The van der Waals surface area contributed by atoms with Crippen LogP contribution in [0.4, 0.5) is 0 Å². The lowest BCUT2D eigenvalue weighted by atomic mass is 9.37. The zero-order chi connectivity index (χ0) is 38.3. The highest BCUT2D eigenvalue weighted by Crippen LogP contribution is 2.39. The first-order chi connectivity index (χ1) is 27.3. The monoisotopic (exact) mass is 725 g/mol. The summed E-state index contributed by atoms with van der Waals surface area (Å²) in [5.41, 5.74) is 12.6. The fourth-order valence-electron chi connectivity index (χ4n) is 8.50. The number of phenols is 4. The molecular weight excluding hydrogens is 688 g/mol. The standard InChI is InChI=1S/C49H37B2NO4/c1-52-48-44(32-20-24-34(25-21-32)50(36-8-2-12-40(53)28-36)37-9-3-13-41(54)29-37)16-6-18-46(48)47-19-7-17-45(49(47)52)33-22-26-35(27-23-33)51(38-10-4-14-42(55)30-38)39-11-5-15-43(56)31-39/h2-31,53-56H,1H3. The average molecular weight is 725 g/mol. The number of hydrogen-bond acceptors (Lipinski definition) is 4. The number of phenolic OH excluding ortho intramolecular Hbond substituents is 4. The molecule has 9 aromatic rings. The van der Waals surface area contributed by atoms with Gasteiger partial charge in [-0.2, -0.15) is 0 Å². The molecule has 8 aromatic carbocycles. The van der Waals surface area contributed by atoms with Crippen molar-refractivity contribution in [1.82, 2.24) is 4.57 Å². The van der Waals surface area contributed by atoms with Crippen molar-refractivity contribution in [3.8, 4) is 45.3 Å². The topological polar surface area (TPSA) is 85.9 Å². The van der Waals surface area contributed by atoms with Gasteiger partial charge >= 0.3 is 0 Å². The number of fused-ring (bicyclic) bond motifs is 3. The molecule has 0 saturated carbocycles. The maximum Gasteiger partial charge on any atom is 0.241 e. The van der Waals surface area contributed by atoms with E-state index in [0.29, 0.717) is 0 Å². The normalized spacial score (nSPS) is 11.2. The second kappa shape index (κ2) is 14.3. The van der Waals surface area contributed by atoms with Crippen molar-refractivity contribution in [2.75, 3.05) is 0 Å². The zero-order valence-electron chi connectivity index (χ0n) is 30.7. The van der Waals surface area contributed by atoms with Gasteiger partial charge in [0.25, 0.3) is 0 Å². The summed E-state index contributed by atoms with van der Waals surface area (Å²) in [6, 6.07) is 59.4. The van der Waals surface area contributed by atoms with Crippen LogP contribution in [0.5, 0.6) is 23.0 Å². The van der Waals surface area contributed by atoms with Crippen molar-refractivity contribution in [1.29, 1.82) is 0 Å². The Morgan fingerprint density at radius 1 is 0.339 bits per heavy atom. The molecule has 0 aliphatic rings. The Balaban J connectivity index is 1.11. The van der Waals surface area contributed by atoms with Crippen LogP contribution in [0.2, 0.25) is 0 Å². The Bertz CT molecular complexity index is 2600. The van der Waals surface area contributed by atoms with Crippen LogP contribution in [0, 0.1) is 0 Å². The van der Waals surface area contributed by atoms with Crippen molar-refractivity contribution >= 4 is 68.0 Å². The Morgan fingerprint density at radius 3 is 0.946 bits per heavy atom. The number of nitrogens with zero attached hydrogens (tertiary/aromatic N) is 1. The van der Waals surface area contributed by atoms with Gasteiger partial charge in [0.1, 0.15) is 23.0 Å². The number of aromatic nitrogens is 1. The lowest BCUT2D eigenvalue weighted by Gasteiger charge is -2.17. The molecule has 4 N–H and O–H groups in total. The van der Waals surface area contributed by atoms with Gasteiger partial charge in [0.05, 0.1) is 11.0 Å². The summed E-state index contributed by atoms with van der Waals surface area (Å²) in [4.78, 5) is 0. The molecule has 0 aliphatic heterocycles. The highest BCUT2D eigenvalue weighted by molar-refractivity contribution is 6.96. The fraction of sp³-hybridized carbons (Fsp3) is 0.0204. The number of aromatic hydroxyl groups is 4. The van der Waals surface area contributed by atoms with E-state index in [1.54, 1.807) is 48.5 Å². The van der Waals surface area contributed by atoms with Gasteiger partial charge in [-0.05, 0) is 59.7 Å². The van der Waals surface area contributed by atoms with Crippen molar-refractivity contribution in [3.05, 3.63) is 182 Å². The predicted octanol–water partition coefficient (Wildman–Crippen LogP) is 6.52. The van der Waals surface area contributed by atoms with E-state index < -0.39 is 0 Å². The van der Waals surface area contributed by atoms with Crippen molar-refractivity contribution < 1.29 is 20.4 Å². The van der Waals surface area contributed by atoms with E-state index in [1.807, 2.05) is 48.5 Å². The molecule has 0 aliphatic carbocycles. The van der Waals surface area contributed by atoms with Gasteiger partial charge in [0, 0.05) is 28.9 Å². The lowest BCUT2D eigenvalue weighted by Crippen LogP contribution is -2.51. The third-order valence-corrected chi connectivity index (χ3v) is 11.0. The molecule has 56 heavy (non-hydrogen) atoms. The molecule has 5 nitrogen and oxygen atoms in total. The van der Waals surface area contributed by atoms with Crippen LogP contribution in [-0.2, 0) is 7.05 Å². The summed E-state index contributed by atoms with van der Waals surface area (Å²) in [7, 11) is 2.14. The predicted molar refractivity (Wildman–Crippen MR) is 233 cm³/mol. The molecule has 0 unspecified atom stereocenters. The third kappa shape index (κ3) is 6.33. The highest BCUT2D eigenvalue weighted by atomic mass is 16.3. The summed E-state index contributed by atoms with van der Waals surface area (Å²) in [6.45, 7) is -0.360. The van der Waals surface area contributed by atoms with E-state index >= 15 is 0 Å². The molecule has 0 amide bonds. The number of hydrogen-bond donors (Lipinski definition) is 4. The molecule has 0 atom stereocenters. The SMILES string of the molecule is Cn1c2c(-c3ccc(B(c4cccc(O)c4)c4cccc(O)c4)cc3)cccc2c2cccc(-c3ccc(B(c4cccc(O)c4)c4cccc(O)c4)cc3)c21. The first kappa shape index (κ1) is 34.6. The summed E-state index contributed by atoms with van der Waals surface area (Å²) >= 11 is 0. The first-order valence-corrected chi connectivity index (χ1v) is 18.7. The largest absolute Gasteiger partial charge is 0.508 e. The van der Waals surface area contributed by atoms with Crippen LogP contribution in [0.25, 0.3) is 44.1 Å². The van der Waals surface area contributed by atoms with Gasteiger partial charge in [-0.1, -0.05) is 166 Å². The van der Waals surface area contributed by atoms with Gasteiger partial charge in [-0.15, -0.1) is 0 Å². The van der Waals surface area contributed by atoms with E-state index in [0.717, 1.165) is 66.1 Å². The molecule has 0 fully saturated rings.